The van der Waals surface area contributed by atoms with Crippen molar-refractivity contribution in [2.45, 2.75) is 33.4 Å². The van der Waals surface area contributed by atoms with Gasteiger partial charge in [-0.1, -0.05) is 12.1 Å². The largest absolute Gasteiger partial charge is 0.350 e. The number of hydrogen-bond donors (Lipinski definition) is 2. The summed E-state index contributed by atoms with van der Waals surface area (Å²) in [6.07, 6.45) is 0. The molecule has 8 nitrogen and oxygen atoms in total. The molecule has 8 heteroatoms. The topological polar surface area (TPSA) is 102 Å². The molecule has 0 aliphatic rings. The third-order valence-corrected chi connectivity index (χ3v) is 4.08. The van der Waals surface area contributed by atoms with Crippen molar-refractivity contribution in [2.24, 2.45) is 0 Å². The molecule has 0 saturated heterocycles. The van der Waals surface area contributed by atoms with Crippen LogP contribution >= 0.6 is 0 Å². The maximum atomic E-state index is 12.4. The lowest BCUT2D eigenvalue weighted by atomic mass is 10.1. The number of aromatic nitrogens is 4. The molecule has 0 fully saturated rings. The highest BCUT2D eigenvalue weighted by atomic mass is 16.2. The minimum absolute atomic E-state index is 0.0691. The molecule has 0 unspecified atom stereocenters. The van der Waals surface area contributed by atoms with Crippen molar-refractivity contribution in [2.75, 3.05) is 5.32 Å². The first-order valence-corrected chi connectivity index (χ1v) is 8.96. The summed E-state index contributed by atoms with van der Waals surface area (Å²) in [5.41, 5.74) is 2.71. The van der Waals surface area contributed by atoms with Crippen molar-refractivity contribution in [1.82, 2.24) is 25.5 Å². The lowest BCUT2D eigenvalue weighted by Crippen LogP contribution is -2.30. The molecule has 0 spiro atoms. The van der Waals surface area contributed by atoms with Crippen LogP contribution in [0.3, 0.4) is 0 Å². The molecule has 0 aliphatic carbocycles. The Morgan fingerprint density at radius 3 is 2.14 bits per heavy atom. The van der Waals surface area contributed by atoms with Gasteiger partial charge in [-0.3, -0.25) is 9.59 Å². The molecular formula is C20H22N6O2. The van der Waals surface area contributed by atoms with E-state index in [1.54, 1.807) is 41.1 Å². The number of nitrogens with zero attached hydrogens (tertiary/aromatic N) is 4. The SMILES string of the molecule is Cc1nnnn1Cc1ccc(C(=O)Nc2ccc(C(=O)NC(C)C)cc2)cc1. The van der Waals surface area contributed by atoms with Crippen LogP contribution in [0.1, 0.15) is 46.0 Å². The number of carbonyl (C=O) groups excluding carboxylic acids is 2. The number of rotatable bonds is 6. The maximum absolute atomic E-state index is 12.4. The molecule has 2 N–H and O–H groups in total. The van der Waals surface area contributed by atoms with Gasteiger partial charge >= 0.3 is 0 Å². The second-order valence-electron chi connectivity index (χ2n) is 6.74. The molecule has 0 saturated carbocycles. The monoisotopic (exact) mass is 378 g/mol. The van der Waals surface area contributed by atoms with E-state index < -0.39 is 0 Å². The van der Waals surface area contributed by atoms with E-state index >= 15 is 0 Å². The van der Waals surface area contributed by atoms with Crippen molar-refractivity contribution in [3.8, 4) is 0 Å². The highest BCUT2D eigenvalue weighted by Gasteiger charge is 2.09. The molecule has 1 aromatic heterocycles. The Kier molecular flexibility index (Phi) is 5.78. The van der Waals surface area contributed by atoms with Gasteiger partial charge in [0.25, 0.3) is 11.8 Å². The van der Waals surface area contributed by atoms with Crippen LogP contribution in [0.25, 0.3) is 0 Å². The van der Waals surface area contributed by atoms with Crippen LogP contribution in [0.5, 0.6) is 0 Å². The summed E-state index contributed by atoms with van der Waals surface area (Å²) < 4.78 is 1.69. The molecule has 0 bridgehead atoms. The third kappa shape index (κ3) is 4.79. The number of hydrogen-bond acceptors (Lipinski definition) is 5. The van der Waals surface area contributed by atoms with Crippen molar-refractivity contribution in [3.63, 3.8) is 0 Å². The van der Waals surface area contributed by atoms with Gasteiger partial charge in [0.05, 0.1) is 6.54 Å². The molecule has 3 aromatic rings. The minimum Gasteiger partial charge on any atom is -0.350 e. The number of aryl methyl sites for hydroxylation is 1. The molecule has 28 heavy (non-hydrogen) atoms. The number of tetrazole rings is 1. The molecular weight excluding hydrogens is 356 g/mol. The van der Waals surface area contributed by atoms with E-state index in [4.69, 9.17) is 0 Å². The Labute approximate surface area is 163 Å². The fraction of sp³-hybridized carbons (Fsp3) is 0.250. The van der Waals surface area contributed by atoms with Crippen LogP contribution in [0.2, 0.25) is 0 Å². The number of amides is 2. The maximum Gasteiger partial charge on any atom is 0.255 e. The average Bonchev–Trinajstić information content (AvgIpc) is 3.07. The molecule has 1 heterocycles. The van der Waals surface area contributed by atoms with Crippen molar-refractivity contribution >= 4 is 17.5 Å². The zero-order chi connectivity index (χ0) is 20.1. The van der Waals surface area contributed by atoms with Gasteiger partial charge < -0.3 is 10.6 Å². The summed E-state index contributed by atoms with van der Waals surface area (Å²) in [7, 11) is 0. The van der Waals surface area contributed by atoms with E-state index in [0.717, 1.165) is 11.4 Å². The molecule has 2 aromatic carbocycles. The molecule has 2 amide bonds. The first-order chi connectivity index (χ1) is 13.4. The van der Waals surface area contributed by atoms with E-state index in [9.17, 15) is 9.59 Å². The molecule has 3 rings (SSSR count). The van der Waals surface area contributed by atoms with Crippen LogP contribution < -0.4 is 10.6 Å². The van der Waals surface area contributed by atoms with E-state index in [1.165, 1.54) is 0 Å². The summed E-state index contributed by atoms with van der Waals surface area (Å²) in [6, 6.07) is 14.1. The van der Waals surface area contributed by atoms with Gasteiger partial charge in [0, 0.05) is 22.9 Å². The first kappa shape index (κ1) is 19.2. The fourth-order valence-corrected chi connectivity index (χ4v) is 2.58. The second kappa shape index (κ2) is 8.43. The van der Waals surface area contributed by atoms with Gasteiger partial charge in [-0.05, 0) is 73.2 Å². The van der Waals surface area contributed by atoms with Gasteiger partial charge in [0.1, 0.15) is 5.82 Å². The standard InChI is InChI=1S/C20H22N6O2/c1-13(2)21-19(27)17-8-10-18(11-9-17)22-20(28)16-6-4-15(5-7-16)12-26-14(3)23-24-25-26/h4-11,13H,12H2,1-3H3,(H,21,27)(H,22,28). The fourth-order valence-electron chi connectivity index (χ4n) is 2.58. The quantitative estimate of drug-likeness (QED) is 0.686. The smallest absolute Gasteiger partial charge is 0.255 e. The number of anilines is 1. The van der Waals surface area contributed by atoms with Gasteiger partial charge in [0.15, 0.2) is 0 Å². The Bertz CT molecular complexity index is 961. The zero-order valence-electron chi connectivity index (χ0n) is 16.0. The summed E-state index contributed by atoms with van der Waals surface area (Å²) >= 11 is 0. The van der Waals surface area contributed by atoms with Gasteiger partial charge in [-0.25, -0.2) is 4.68 Å². The van der Waals surface area contributed by atoms with Crippen LogP contribution in [-0.4, -0.2) is 38.1 Å². The number of benzene rings is 2. The minimum atomic E-state index is -0.218. The predicted molar refractivity (Wildman–Crippen MR) is 105 cm³/mol. The number of nitrogens with one attached hydrogen (secondary N) is 2. The van der Waals surface area contributed by atoms with Crippen LogP contribution in [0.4, 0.5) is 5.69 Å². The molecule has 0 atom stereocenters. The Morgan fingerprint density at radius 1 is 0.964 bits per heavy atom. The van der Waals surface area contributed by atoms with Gasteiger partial charge in [0.2, 0.25) is 0 Å². The lowest BCUT2D eigenvalue weighted by molar-refractivity contribution is 0.0942. The van der Waals surface area contributed by atoms with Gasteiger partial charge in [-0.15, -0.1) is 5.10 Å². The lowest BCUT2D eigenvalue weighted by Gasteiger charge is -2.10. The normalized spacial score (nSPS) is 10.7. The van der Waals surface area contributed by atoms with Crippen molar-refractivity contribution < 1.29 is 9.59 Å². The molecule has 0 aliphatic heterocycles. The van der Waals surface area contributed by atoms with Crippen molar-refractivity contribution in [3.05, 3.63) is 71.0 Å². The van der Waals surface area contributed by atoms with Crippen LogP contribution in [0, 0.1) is 6.92 Å². The highest BCUT2D eigenvalue weighted by molar-refractivity contribution is 6.04. The summed E-state index contributed by atoms with van der Waals surface area (Å²) in [5.74, 6) is 0.373. The third-order valence-electron chi connectivity index (χ3n) is 4.08. The highest BCUT2D eigenvalue weighted by Crippen LogP contribution is 2.13. The second-order valence-corrected chi connectivity index (χ2v) is 6.74. The Morgan fingerprint density at radius 2 is 1.57 bits per heavy atom. The predicted octanol–water partition coefficient (Wildman–Crippen LogP) is 2.42. The number of carbonyl (C=O) groups is 2. The average molecular weight is 378 g/mol. The van der Waals surface area contributed by atoms with E-state index in [1.807, 2.05) is 32.9 Å². The van der Waals surface area contributed by atoms with Crippen LogP contribution in [0.15, 0.2) is 48.5 Å². The van der Waals surface area contributed by atoms with Crippen molar-refractivity contribution in [1.29, 1.82) is 0 Å². The summed E-state index contributed by atoms with van der Waals surface area (Å²) in [6.45, 7) is 6.18. The molecule has 144 valence electrons. The van der Waals surface area contributed by atoms with E-state index in [-0.39, 0.29) is 17.9 Å². The van der Waals surface area contributed by atoms with Gasteiger partial charge in [-0.2, -0.15) is 0 Å². The molecule has 0 radical (unpaired) electrons. The Hall–Kier alpha value is -3.55. The zero-order valence-corrected chi connectivity index (χ0v) is 16.0. The summed E-state index contributed by atoms with van der Waals surface area (Å²) in [5, 5.41) is 17.0. The van der Waals surface area contributed by atoms with E-state index in [2.05, 4.69) is 26.2 Å². The van der Waals surface area contributed by atoms with Crippen LogP contribution in [-0.2, 0) is 6.54 Å². The Balaban J connectivity index is 1.61. The first-order valence-electron chi connectivity index (χ1n) is 8.96. The van der Waals surface area contributed by atoms with E-state index in [0.29, 0.717) is 23.4 Å². The summed E-state index contributed by atoms with van der Waals surface area (Å²) in [4.78, 5) is 24.4.